The molecular weight excluding hydrogens is 521 g/mol. The summed E-state index contributed by atoms with van der Waals surface area (Å²) < 4.78 is 12.2. The third-order valence-corrected chi connectivity index (χ3v) is 5.96. The molecule has 1 aliphatic heterocycles. The van der Waals surface area contributed by atoms with E-state index in [9.17, 15) is 9.59 Å². The summed E-state index contributed by atoms with van der Waals surface area (Å²) in [6.07, 6.45) is 2.68. The molecule has 2 amide bonds. The Morgan fingerprint density at radius 2 is 1.91 bits per heavy atom. The van der Waals surface area contributed by atoms with E-state index in [1.807, 2.05) is 50.2 Å². The Morgan fingerprint density at radius 1 is 1.19 bits per heavy atom. The molecule has 8 heteroatoms. The summed E-state index contributed by atoms with van der Waals surface area (Å²) in [4.78, 5) is 26.7. The molecule has 3 rings (SSSR count). The van der Waals surface area contributed by atoms with Crippen molar-refractivity contribution in [2.75, 3.05) is 24.7 Å². The van der Waals surface area contributed by atoms with Gasteiger partial charge in [-0.25, -0.2) is 5.43 Å². The highest BCUT2D eigenvalue weighted by Crippen LogP contribution is 2.34. The Balaban J connectivity index is 1.63. The largest absolute Gasteiger partial charge is 0.490 e. The standard InChI is InChI=1S/C24H28IN3O4/c1-4-16-7-9-19(10-8-16)28-15-18(13-22(28)29)24(30)27-26-14-17-11-20(25)23(32-6-3)21(12-17)31-5-2/h7-12,14,18H,4-6,13,15H2,1-3H3,(H,27,30)/b26-14+/t18-/m1/s1. The Labute approximate surface area is 202 Å². The van der Waals surface area contributed by atoms with Crippen molar-refractivity contribution in [3.05, 3.63) is 51.1 Å². The Bertz CT molecular complexity index is 991. The first-order chi connectivity index (χ1) is 15.5. The van der Waals surface area contributed by atoms with Crippen molar-refractivity contribution in [2.45, 2.75) is 33.6 Å². The van der Waals surface area contributed by atoms with Crippen molar-refractivity contribution in [2.24, 2.45) is 11.0 Å². The van der Waals surface area contributed by atoms with Crippen molar-refractivity contribution < 1.29 is 19.1 Å². The van der Waals surface area contributed by atoms with Gasteiger partial charge in [-0.3, -0.25) is 9.59 Å². The minimum absolute atomic E-state index is 0.0548. The molecule has 0 radical (unpaired) electrons. The van der Waals surface area contributed by atoms with E-state index in [0.29, 0.717) is 31.3 Å². The average molecular weight is 549 g/mol. The van der Waals surface area contributed by atoms with E-state index in [2.05, 4.69) is 40.0 Å². The van der Waals surface area contributed by atoms with Crippen LogP contribution in [0.15, 0.2) is 41.5 Å². The van der Waals surface area contributed by atoms with Crippen LogP contribution in [0.3, 0.4) is 0 Å². The third-order valence-electron chi connectivity index (χ3n) is 5.16. The molecule has 1 fully saturated rings. The van der Waals surface area contributed by atoms with Gasteiger partial charge in [-0.1, -0.05) is 19.1 Å². The summed E-state index contributed by atoms with van der Waals surface area (Å²) in [7, 11) is 0. The lowest BCUT2D eigenvalue weighted by molar-refractivity contribution is -0.126. The van der Waals surface area contributed by atoms with Crippen LogP contribution in [-0.4, -0.2) is 37.8 Å². The zero-order chi connectivity index (χ0) is 23.1. The van der Waals surface area contributed by atoms with E-state index in [-0.39, 0.29) is 18.2 Å². The first kappa shape index (κ1) is 24.0. The van der Waals surface area contributed by atoms with Gasteiger partial charge >= 0.3 is 0 Å². The maximum atomic E-state index is 12.6. The van der Waals surface area contributed by atoms with Gasteiger partial charge in [0.15, 0.2) is 11.5 Å². The normalized spacial score (nSPS) is 15.9. The van der Waals surface area contributed by atoms with Gasteiger partial charge in [-0.15, -0.1) is 0 Å². The minimum Gasteiger partial charge on any atom is -0.490 e. The Hall–Kier alpha value is -2.62. The predicted molar refractivity (Wildman–Crippen MR) is 134 cm³/mol. The van der Waals surface area contributed by atoms with Crippen molar-refractivity contribution in [1.29, 1.82) is 0 Å². The Morgan fingerprint density at radius 3 is 2.56 bits per heavy atom. The van der Waals surface area contributed by atoms with Crippen LogP contribution in [0.5, 0.6) is 11.5 Å². The Kier molecular flexibility index (Phi) is 8.49. The smallest absolute Gasteiger partial charge is 0.245 e. The first-order valence-corrected chi connectivity index (χ1v) is 11.9. The van der Waals surface area contributed by atoms with Crippen molar-refractivity contribution >= 4 is 46.3 Å². The van der Waals surface area contributed by atoms with E-state index in [1.165, 1.54) is 5.56 Å². The maximum absolute atomic E-state index is 12.6. The number of amides is 2. The van der Waals surface area contributed by atoms with Crippen LogP contribution in [0.1, 0.15) is 38.3 Å². The zero-order valence-corrected chi connectivity index (χ0v) is 20.7. The van der Waals surface area contributed by atoms with E-state index in [0.717, 1.165) is 21.2 Å². The summed E-state index contributed by atoms with van der Waals surface area (Å²) in [6, 6.07) is 11.6. The van der Waals surface area contributed by atoms with Crippen LogP contribution in [0, 0.1) is 9.49 Å². The molecule has 0 saturated carbocycles. The third kappa shape index (κ3) is 5.79. The monoisotopic (exact) mass is 549 g/mol. The van der Waals surface area contributed by atoms with Gasteiger partial charge in [0, 0.05) is 18.7 Å². The molecule has 1 saturated heterocycles. The number of aryl methyl sites for hydroxylation is 1. The quantitative estimate of drug-likeness (QED) is 0.290. The van der Waals surface area contributed by atoms with Gasteiger partial charge in [-0.05, 0) is 78.3 Å². The highest BCUT2D eigenvalue weighted by molar-refractivity contribution is 14.1. The summed E-state index contributed by atoms with van der Waals surface area (Å²) in [6.45, 7) is 7.32. The second-order valence-corrected chi connectivity index (χ2v) is 8.52. The van der Waals surface area contributed by atoms with Gasteiger partial charge in [0.2, 0.25) is 11.8 Å². The molecule has 1 heterocycles. The lowest BCUT2D eigenvalue weighted by atomic mass is 10.1. The second kappa shape index (κ2) is 11.3. The number of ether oxygens (including phenoxy) is 2. The highest BCUT2D eigenvalue weighted by atomic mass is 127. The number of nitrogens with zero attached hydrogens (tertiary/aromatic N) is 2. The van der Waals surface area contributed by atoms with Gasteiger partial charge in [0.25, 0.3) is 0 Å². The molecule has 0 aromatic heterocycles. The molecule has 1 N–H and O–H groups in total. The topological polar surface area (TPSA) is 80.2 Å². The summed E-state index contributed by atoms with van der Waals surface area (Å²) in [5, 5.41) is 4.10. The van der Waals surface area contributed by atoms with E-state index >= 15 is 0 Å². The van der Waals surface area contributed by atoms with Gasteiger partial charge in [-0.2, -0.15) is 5.10 Å². The molecule has 170 valence electrons. The van der Waals surface area contributed by atoms with Crippen molar-refractivity contribution in [3.8, 4) is 11.5 Å². The van der Waals surface area contributed by atoms with Gasteiger partial charge in [0.1, 0.15) is 0 Å². The number of benzene rings is 2. The summed E-state index contributed by atoms with van der Waals surface area (Å²) in [5.74, 6) is 0.575. The van der Waals surface area contributed by atoms with Crippen LogP contribution in [0.2, 0.25) is 0 Å². The van der Waals surface area contributed by atoms with Crippen LogP contribution < -0.4 is 19.8 Å². The number of hydrazone groups is 1. The zero-order valence-electron chi connectivity index (χ0n) is 18.6. The fourth-order valence-electron chi connectivity index (χ4n) is 3.52. The molecular formula is C24H28IN3O4. The number of halogens is 1. The number of rotatable bonds is 9. The minimum atomic E-state index is -0.440. The predicted octanol–water partition coefficient (Wildman–Crippen LogP) is 4.15. The molecule has 0 bridgehead atoms. The first-order valence-electron chi connectivity index (χ1n) is 10.8. The molecule has 0 unspecified atom stereocenters. The summed E-state index contributed by atoms with van der Waals surface area (Å²) >= 11 is 2.19. The maximum Gasteiger partial charge on any atom is 0.245 e. The molecule has 2 aromatic rings. The molecule has 32 heavy (non-hydrogen) atoms. The number of anilines is 1. The lowest BCUT2D eigenvalue weighted by Gasteiger charge is -2.16. The number of hydrogen-bond donors (Lipinski definition) is 1. The molecule has 7 nitrogen and oxygen atoms in total. The van der Waals surface area contributed by atoms with Crippen LogP contribution in [0.25, 0.3) is 0 Å². The fourth-order valence-corrected chi connectivity index (χ4v) is 4.30. The number of carbonyl (C=O) groups excluding carboxylic acids is 2. The van der Waals surface area contributed by atoms with E-state index < -0.39 is 5.92 Å². The average Bonchev–Trinajstić information content (AvgIpc) is 3.18. The molecule has 0 aliphatic carbocycles. The molecule has 2 aromatic carbocycles. The fraction of sp³-hybridized carbons (Fsp3) is 0.375. The highest BCUT2D eigenvalue weighted by Gasteiger charge is 2.35. The number of carbonyl (C=O) groups is 2. The number of hydrogen-bond acceptors (Lipinski definition) is 5. The lowest BCUT2D eigenvalue weighted by Crippen LogP contribution is -2.30. The van der Waals surface area contributed by atoms with Gasteiger partial charge < -0.3 is 14.4 Å². The SMILES string of the molecule is CCOc1cc(/C=N/NC(=O)[C@@H]2CC(=O)N(c3ccc(CC)cc3)C2)cc(I)c1OCC. The molecule has 1 aliphatic rings. The van der Waals surface area contributed by atoms with E-state index in [4.69, 9.17) is 9.47 Å². The number of nitrogens with one attached hydrogen (secondary N) is 1. The van der Waals surface area contributed by atoms with Crippen LogP contribution in [0.4, 0.5) is 5.69 Å². The molecule has 1 atom stereocenters. The van der Waals surface area contributed by atoms with Crippen molar-refractivity contribution in [1.82, 2.24) is 5.43 Å². The second-order valence-electron chi connectivity index (χ2n) is 7.36. The van der Waals surface area contributed by atoms with Crippen molar-refractivity contribution in [3.63, 3.8) is 0 Å². The van der Waals surface area contributed by atoms with Crippen LogP contribution >= 0.6 is 22.6 Å². The van der Waals surface area contributed by atoms with Crippen LogP contribution in [-0.2, 0) is 16.0 Å². The summed E-state index contributed by atoms with van der Waals surface area (Å²) in [5.41, 5.74) is 5.38. The van der Waals surface area contributed by atoms with E-state index in [1.54, 1.807) is 11.1 Å². The van der Waals surface area contributed by atoms with Gasteiger partial charge in [0.05, 0.1) is 28.9 Å². The molecule has 0 spiro atoms.